The second kappa shape index (κ2) is 12.7. The number of piperidine rings is 1. The minimum atomic E-state index is -1.08. The van der Waals surface area contributed by atoms with Crippen LogP contribution in [0.25, 0.3) is 10.9 Å². The van der Waals surface area contributed by atoms with Gasteiger partial charge in [0.25, 0.3) is 5.91 Å². The van der Waals surface area contributed by atoms with Gasteiger partial charge in [-0.25, -0.2) is 4.79 Å². The van der Waals surface area contributed by atoms with E-state index in [9.17, 15) is 24.0 Å². The molecule has 204 valence electrons. The summed E-state index contributed by atoms with van der Waals surface area (Å²) in [5.41, 5.74) is 1.22. The van der Waals surface area contributed by atoms with Gasteiger partial charge in [-0.15, -0.1) is 0 Å². The summed E-state index contributed by atoms with van der Waals surface area (Å²) < 4.78 is 10.5. The molecular weight excluding hydrogens is 504 g/mol. The predicted octanol–water partition coefficient (Wildman–Crippen LogP) is 1.73. The Kier molecular flexibility index (Phi) is 8.93. The third-order valence-electron chi connectivity index (χ3n) is 6.50. The number of ketones is 1. The second-order valence-electron chi connectivity index (χ2n) is 9.18. The minimum Gasteiger partial charge on any atom is -0.496 e. The van der Waals surface area contributed by atoms with Gasteiger partial charge in [0.2, 0.25) is 11.8 Å². The molecule has 3 aromatic rings. The van der Waals surface area contributed by atoms with E-state index in [4.69, 9.17) is 9.47 Å². The third-order valence-corrected chi connectivity index (χ3v) is 6.50. The van der Waals surface area contributed by atoms with Crippen LogP contribution >= 0.6 is 0 Å². The van der Waals surface area contributed by atoms with Crippen molar-refractivity contribution in [2.24, 2.45) is 5.92 Å². The molecule has 1 fully saturated rings. The largest absolute Gasteiger partial charge is 0.496 e. The fourth-order valence-corrected chi connectivity index (χ4v) is 4.44. The molecule has 3 amide bonds. The molecule has 1 unspecified atom stereocenters. The van der Waals surface area contributed by atoms with E-state index >= 15 is 0 Å². The molecule has 1 saturated heterocycles. The number of aromatic nitrogens is 1. The number of aromatic amines is 1. The van der Waals surface area contributed by atoms with E-state index in [1.54, 1.807) is 54.6 Å². The van der Waals surface area contributed by atoms with Crippen LogP contribution in [-0.2, 0) is 19.1 Å². The number of methoxy groups -OCH3 is 1. The molecule has 4 N–H and O–H groups in total. The first-order valence-electron chi connectivity index (χ1n) is 12.6. The maximum Gasteiger partial charge on any atom is 0.338 e. The highest BCUT2D eigenvalue weighted by atomic mass is 16.5. The molecule has 2 aromatic carbocycles. The van der Waals surface area contributed by atoms with Gasteiger partial charge in [0.1, 0.15) is 11.4 Å². The summed E-state index contributed by atoms with van der Waals surface area (Å²) in [5, 5.41) is 8.60. The molecule has 1 aliphatic heterocycles. The Balaban J connectivity index is 1.37. The quantitative estimate of drug-likeness (QED) is 0.273. The van der Waals surface area contributed by atoms with Gasteiger partial charge >= 0.3 is 5.97 Å². The van der Waals surface area contributed by atoms with Crippen LogP contribution in [0, 0.1) is 5.92 Å². The summed E-state index contributed by atoms with van der Waals surface area (Å²) in [6.45, 7) is -0.424. The highest BCUT2D eigenvalue weighted by molar-refractivity contribution is 6.01. The molecule has 0 spiro atoms. The van der Waals surface area contributed by atoms with E-state index in [-0.39, 0.29) is 23.6 Å². The highest BCUT2D eigenvalue weighted by Crippen LogP contribution is 2.26. The van der Waals surface area contributed by atoms with Crippen molar-refractivity contribution in [2.75, 3.05) is 26.8 Å². The van der Waals surface area contributed by atoms with Gasteiger partial charge in [0.05, 0.1) is 25.3 Å². The van der Waals surface area contributed by atoms with Gasteiger partial charge in [-0.05, 0) is 49.6 Å². The van der Waals surface area contributed by atoms with E-state index in [1.165, 1.54) is 7.11 Å². The van der Waals surface area contributed by atoms with Crippen molar-refractivity contribution >= 4 is 40.4 Å². The Bertz CT molecular complexity index is 1370. The molecule has 39 heavy (non-hydrogen) atoms. The number of amides is 3. The monoisotopic (exact) mass is 534 g/mol. The number of esters is 1. The molecule has 2 atom stereocenters. The van der Waals surface area contributed by atoms with Crippen LogP contribution in [0.5, 0.6) is 5.75 Å². The van der Waals surface area contributed by atoms with Crippen LogP contribution < -0.4 is 20.7 Å². The van der Waals surface area contributed by atoms with Crippen LogP contribution in [0.1, 0.15) is 40.1 Å². The molecule has 4 rings (SSSR count). The van der Waals surface area contributed by atoms with E-state index < -0.39 is 48.7 Å². The van der Waals surface area contributed by atoms with Crippen LogP contribution in [0.15, 0.2) is 54.6 Å². The first kappa shape index (κ1) is 27.4. The van der Waals surface area contributed by atoms with E-state index in [1.807, 2.05) is 0 Å². The Hall–Kier alpha value is -4.67. The number of nitrogens with one attached hydrogen (secondary N) is 4. The van der Waals surface area contributed by atoms with Gasteiger partial charge in [0, 0.05) is 23.4 Å². The lowest BCUT2D eigenvalue weighted by atomic mass is 9.90. The number of Topliss-reactive ketones (excluding diaryl/α,β-unsaturated/α-hetero) is 1. The van der Waals surface area contributed by atoms with Gasteiger partial charge in [0.15, 0.2) is 12.4 Å². The molecule has 1 aliphatic rings. The molecule has 1 aromatic heterocycles. The summed E-state index contributed by atoms with van der Waals surface area (Å²) in [6.07, 6.45) is 1.37. The van der Waals surface area contributed by atoms with E-state index in [0.717, 1.165) is 11.8 Å². The average Bonchev–Trinajstić information content (AvgIpc) is 3.40. The first-order valence-corrected chi connectivity index (χ1v) is 12.6. The zero-order valence-electron chi connectivity index (χ0n) is 21.5. The maximum atomic E-state index is 13.0. The summed E-state index contributed by atoms with van der Waals surface area (Å²) in [4.78, 5) is 65.9. The van der Waals surface area contributed by atoms with Gasteiger partial charge in [-0.1, -0.05) is 24.3 Å². The van der Waals surface area contributed by atoms with Crippen LogP contribution in [0.4, 0.5) is 0 Å². The third kappa shape index (κ3) is 7.01. The lowest BCUT2D eigenvalue weighted by molar-refractivity contribution is -0.132. The first-order chi connectivity index (χ1) is 18.9. The average molecular weight is 535 g/mol. The fourth-order valence-electron chi connectivity index (χ4n) is 4.44. The normalized spacial score (nSPS) is 15.6. The lowest BCUT2D eigenvalue weighted by Gasteiger charge is -2.26. The topological polar surface area (TPSA) is 156 Å². The van der Waals surface area contributed by atoms with Crippen molar-refractivity contribution in [1.82, 2.24) is 20.9 Å². The van der Waals surface area contributed by atoms with E-state index in [2.05, 4.69) is 20.9 Å². The van der Waals surface area contributed by atoms with Crippen molar-refractivity contribution < 1.29 is 33.4 Å². The van der Waals surface area contributed by atoms with Crippen molar-refractivity contribution in [3.05, 3.63) is 65.9 Å². The Labute approximate surface area is 224 Å². The summed E-state index contributed by atoms with van der Waals surface area (Å²) in [6, 6.07) is 14.1. The maximum absolute atomic E-state index is 13.0. The van der Waals surface area contributed by atoms with Gasteiger partial charge < -0.3 is 30.4 Å². The highest BCUT2D eigenvalue weighted by Gasteiger charge is 2.30. The lowest BCUT2D eigenvalue weighted by Crippen LogP contribution is -2.49. The number of benzene rings is 2. The molecule has 0 bridgehead atoms. The molecule has 11 nitrogen and oxygen atoms in total. The van der Waals surface area contributed by atoms with Crippen molar-refractivity contribution in [3.63, 3.8) is 0 Å². The van der Waals surface area contributed by atoms with Crippen molar-refractivity contribution in [2.45, 2.75) is 25.3 Å². The standard InChI is InChI=1S/C28H30N4O7/c1-38-24-11-5-10-20-19(24)14-22(31-20)27(36)30-15-25(34)32-21(13-18-9-6-12-29-26(18)35)23(33)16-39-28(37)17-7-3-2-4-8-17/h2-5,7-8,10-11,14,18,21,31H,6,9,12-13,15-16H2,1H3,(H,29,35)(H,30,36)(H,32,34)/t18?,21-/m0/s1. The number of hydrogen-bond acceptors (Lipinski definition) is 7. The number of hydrogen-bond donors (Lipinski definition) is 4. The molecule has 0 radical (unpaired) electrons. The zero-order valence-corrected chi connectivity index (χ0v) is 21.5. The van der Waals surface area contributed by atoms with E-state index in [0.29, 0.717) is 24.2 Å². The number of carbonyl (C=O) groups is 5. The van der Waals surface area contributed by atoms with Crippen molar-refractivity contribution in [1.29, 1.82) is 0 Å². The molecule has 0 saturated carbocycles. The fraction of sp³-hybridized carbons (Fsp3) is 0.321. The van der Waals surface area contributed by atoms with Crippen LogP contribution in [0.3, 0.4) is 0 Å². The number of H-pyrrole nitrogens is 1. The number of carbonyl (C=O) groups excluding carboxylic acids is 5. The Morgan fingerprint density at radius 1 is 1.08 bits per heavy atom. The summed E-state index contributed by atoms with van der Waals surface area (Å²) >= 11 is 0. The van der Waals surface area contributed by atoms with Crippen LogP contribution in [-0.4, -0.2) is 67.3 Å². The molecule has 0 aliphatic carbocycles. The summed E-state index contributed by atoms with van der Waals surface area (Å²) in [7, 11) is 1.53. The zero-order chi connectivity index (χ0) is 27.8. The molecular formula is C28H30N4O7. The minimum absolute atomic E-state index is 0.0506. The Morgan fingerprint density at radius 2 is 1.87 bits per heavy atom. The molecule has 11 heteroatoms. The number of ether oxygens (including phenoxy) is 2. The Morgan fingerprint density at radius 3 is 2.62 bits per heavy atom. The SMILES string of the molecule is COc1cccc2[nH]c(C(=O)NCC(=O)N[C@@H](CC3CCCNC3=O)C(=O)COC(=O)c3ccccc3)cc12. The van der Waals surface area contributed by atoms with Crippen molar-refractivity contribution in [3.8, 4) is 5.75 Å². The summed E-state index contributed by atoms with van der Waals surface area (Å²) in [5.74, 6) is -2.45. The molecule has 2 heterocycles. The predicted molar refractivity (Wildman–Crippen MR) is 141 cm³/mol. The smallest absolute Gasteiger partial charge is 0.338 e. The number of fused-ring (bicyclic) bond motifs is 1. The second-order valence-corrected chi connectivity index (χ2v) is 9.18. The van der Waals surface area contributed by atoms with Crippen LogP contribution in [0.2, 0.25) is 0 Å². The number of rotatable bonds is 11. The van der Waals surface area contributed by atoms with Gasteiger partial charge in [-0.2, -0.15) is 0 Å². The van der Waals surface area contributed by atoms with Gasteiger partial charge in [-0.3, -0.25) is 19.2 Å².